The van der Waals surface area contributed by atoms with Gasteiger partial charge in [0, 0.05) is 18.5 Å². The Labute approximate surface area is 108 Å². The second-order valence-electron chi connectivity index (χ2n) is 3.56. The summed E-state index contributed by atoms with van der Waals surface area (Å²) in [6.07, 6.45) is 1.64. The third-order valence-corrected chi connectivity index (χ3v) is 3.32. The Morgan fingerprint density at radius 1 is 1.50 bits per heavy atom. The molecule has 2 heterocycles. The van der Waals surface area contributed by atoms with E-state index in [9.17, 15) is 9.59 Å². The van der Waals surface area contributed by atoms with E-state index < -0.39 is 5.97 Å². The number of nitrogens with one attached hydrogen (secondary N) is 1. The van der Waals surface area contributed by atoms with Crippen LogP contribution in [0.1, 0.15) is 23.5 Å². The topological polar surface area (TPSA) is 68.3 Å². The van der Waals surface area contributed by atoms with Crippen LogP contribution in [0.5, 0.6) is 0 Å². The van der Waals surface area contributed by atoms with Gasteiger partial charge >= 0.3 is 5.97 Å². The molecule has 0 aliphatic carbocycles. The van der Waals surface area contributed by atoms with Gasteiger partial charge in [0.05, 0.1) is 12.3 Å². The summed E-state index contributed by atoms with van der Waals surface area (Å²) in [4.78, 5) is 28.3. The van der Waals surface area contributed by atoms with Crippen LogP contribution in [0.15, 0.2) is 18.3 Å². The Kier molecular flexibility index (Phi) is 3.57. The number of rotatable bonds is 3. The lowest BCUT2D eigenvalue weighted by Gasteiger charge is -2.04. The molecule has 0 saturated heterocycles. The largest absolute Gasteiger partial charge is 0.462 e. The number of fused-ring (bicyclic) bond motifs is 1. The summed E-state index contributed by atoms with van der Waals surface area (Å²) in [5.74, 6) is -0.673. The molecule has 18 heavy (non-hydrogen) atoms. The van der Waals surface area contributed by atoms with Crippen LogP contribution in [0.4, 0.5) is 5.69 Å². The van der Waals surface area contributed by atoms with E-state index >= 15 is 0 Å². The van der Waals surface area contributed by atoms with E-state index in [4.69, 9.17) is 4.74 Å². The van der Waals surface area contributed by atoms with E-state index in [0.29, 0.717) is 22.0 Å². The fourth-order valence-electron chi connectivity index (χ4n) is 1.57. The Bertz CT molecular complexity index is 606. The van der Waals surface area contributed by atoms with Crippen molar-refractivity contribution in [3.05, 3.63) is 23.2 Å². The molecule has 2 aromatic rings. The normalized spacial score (nSPS) is 10.3. The lowest BCUT2D eigenvalue weighted by atomic mass is 10.2. The van der Waals surface area contributed by atoms with Crippen LogP contribution in [0, 0.1) is 0 Å². The third-order valence-electron chi connectivity index (χ3n) is 2.23. The molecular formula is C12H12N2O3S. The van der Waals surface area contributed by atoms with Crippen molar-refractivity contribution in [1.29, 1.82) is 0 Å². The molecule has 0 spiro atoms. The number of pyridine rings is 1. The molecule has 1 N–H and O–H groups in total. The van der Waals surface area contributed by atoms with Gasteiger partial charge in [0.25, 0.3) is 0 Å². The quantitative estimate of drug-likeness (QED) is 0.864. The number of carbonyl (C=O) groups excluding carboxylic acids is 2. The number of ether oxygens (including phenoxy) is 1. The van der Waals surface area contributed by atoms with Crippen molar-refractivity contribution >= 4 is 39.1 Å². The summed E-state index contributed by atoms with van der Waals surface area (Å²) in [6, 6.07) is 3.57. The molecule has 1 amide bonds. The highest BCUT2D eigenvalue weighted by molar-refractivity contribution is 7.21. The number of esters is 1. The monoisotopic (exact) mass is 264 g/mol. The van der Waals surface area contributed by atoms with Gasteiger partial charge in [-0.15, -0.1) is 11.3 Å². The molecule has 0 unspecified atom stereocenters. The second kappa shape index (κ2) is 5.14. The number of hydrogen-bond acceptors (Lipinski definition) is 5. The molecule has 2 aromatic heterocycles. The molecule has 2 rings (SSSR count). The predicted octanol–water partition coefficient (Wildman–Crippen LogP) is 2.43. The van der Waals surface area contributed by atoms with E-state index in [1.807, 2.05) is 6.07 Å². The summed E-state index contributed by atoms with van der Waals surface area (Å²) in [6.45, 7) is 3.43. The van der Waals surface area contributed by atoms with Crippen molar-refractivity contribution in [3.8, 4) is 0 Å². The van der Waals surface area contributed by atoms with Gasteiger partial charge in [-0.25, -0.2) is 9.78 Å². The SMILES string of the molecule is CCOC(=O)c1sc2ncccc2c1NC(C)=O. The van der Waals surface area contributed by atoms with Gasteiger partial charge in [0.15, 0.2) is 0 Å². The molecule has 0 saturated carbocycles. The summed E-state index contributed by atoms with van der Waals surface area (Å²) < 4.78 is 4.97. The zero-order valence-electron chi connectivity index (χ0n) is 10.0. The van der Waals surface area contributed by atoms with Crippen molar-refractivity contribution < 1.29 is 14.3 Å². The summed E-state index contributed by atoms with van der Waals surface area (Å²) in [7, 11) is 0. The van der Waals surface area contributed by atoms with Crippen molar-refractivity contribution in [2.45, 2.75) is 13.8 Å². The predicted molar refractivity (Wildman–Crippen MR) is 69.9 cm³/mol. The van der Waals surface area contributed by atoms with Crippen molar-refractivity contribution in [3.63, 3.8) is 0 Å². The highest BCUT2D eigenvalue weighted by Crippen LogP contribution is 2.34. The number of amides is 1. The third kappa shape index (κ3) is 2.33. The number of anilines is 1. The average molecular weight is 264 g/mol. The maximum absolute atomic E-state index is 11.8. The molecule has 5 nitrogen and oxygen atoms in total. The van der Waals surface area contributed by atoms with Gasteiger partial charge in [-0.3, -0.25) is 4.79 Å². The van der Waals surface area contributed by atoms with E-state index in [1.165, 1.54) is 18.3 Å². The summed E-state index contributed by atoms with van der Waals surface area (Å²) in [5.41, 5.74) is 0.481. The number of aromatic nitrogens is 1. The lowest BCUT2D eigenvalue weighted by molar-refractivity contribution is -0.114. The fraction of sp³-hybridized carbons (Fsp3) is 0.250. The van der Waals surface area contributed by atoms with Crippen LogP contribution in [0.3, 0.4) is 0 Å². The van der Waals surface area contributed by atoms with Crippen molar-refractivity contribution in [2.24, 2.45) is 0 Å². The molecule has 0 aliphatic rings. The van der Waals surface area contributed by atoms with Gasteiger partial charge in [-0.1, -0.05) is 0 Å². The van der Waals surface area contributed by atoms with E-state index in [2.05, 4.69) is 10.3 Å². The molecule has 0 aliphatic heterocycles. The molecule has 0 fully saturated rings. The number of nitrogens with zero attached hydrogens (tertiary/aromatic N) is 1. The standard InChI is InChI=1S/C12H12N2O3S/c1-3-17-12(16)10-9(14-7(2)15)8-5-4-6-13-11(8)18-10/h4-6H,3H2,1-2H3,(H,14,15). The fourth-order valence-corrected chi connectivity index (χ4v) is 2.57. The Hall–Kier alpha value is -1.95. The van der Waals surface area contributed by atoms with Gasteiger partial charge in [0.2, 0.25) is 5.91 Å². The molecule has 0 atom stereocenters. The van der Waals surface area contributed by atoms with Crippen LogP contribution >= 0.6 is 11.3 Å². The first-order valence-electron chi connectivity index (χ1n) is 5.45. The molecule has 0 bridgehead atoms. The summed E-state index contributed by atoms with van der Waals surface area (Å²) >= 11 is 1.21. The first kappa shape index (κ1) is 12.5. The maximum atomic E-state index is 11.8. The average Bonchev–Trinajstić information content (AvgIpc) is 2.68. The molecule has 94 valence electrons. The van der Waals surface area contributed by atoms with Crippen LogP contribution < -0.4 is 5.32 Å². The van der Waals surface area contributed by atoms with Crippen LogP contribution in [-0.2, 0) is 9.53 Å². The molecular weight excluding hydrogens is 252 g/mol. The van der Waals surface area contributed by atoms with E-state index in [0.717, 1.165) is 5.39 Å². The minimum atomic E-state index is -0.441. The highest BCUT2D eigenvalue weighted by Gasteiger charge is 2.20. The molecule has 6 heteroatoms. The highest BCUT2D eigenvalue weighted by atomic mass is 32.1. The van der Waals surface area contributed by atoms with Gasteiger partial charge in [-0.05, 0) is 19.1 Å². The smallest absolute Gasteiger partial charge is 0.350 e. The number of hydrogen-bond donors (Lipinski definition) is 1. The Morgan fingerprint density at radius 2 is 2.28 bits per heavy atom. The van der Waals surface area contributed by atoms with E-state index in [-0.39, 0.29) is 5.91 Å². The van der Waals surface area contributed by atoms with Crippen molar-refractivity contribution in [2.75, 3.05) is 11.9 Å². The number of carbonyl (C=O) groups is 2. The summed E-state index contributed by atoms with van der Waals surface area (Å²) in [5, 5.41) is 3.42. The lowest BCUT2D eigenvalue weighted by Crippen LogP contribution is -2.10. The van der Waals surface area contributed by atoms with Gasteiger partial charge < -0.3 is 10.1 Å². The van der Waals surface area contributed by atoms with Crippen LogP contribution in [-0.4, -0.2) is 23.5 Å². The van der Waals surface area contributed by atoms with Gasteiger partial charge in [0.1, 0.15) is 9.71 Å². The minimum Gasteiger partial charge on any atom is -0.462 e. The minimum absolute atomic E-state index is 0.232. The van der Waals surface area contributed by atoms with Gasteiger partial charge in [-0.2, -0.15) is 0 Å². The Balaban J connectivity index is 2.56. The zero-order valence-corrected chi connectivity index (χ0v) is 10.8. The maximum Gasteiger partial charge on any atom is 0.350 e. The zero-order chi connectivity index (χ0) is 13.1. The van der Waals surface area contributed by atoms with Crippen molar-refractivity contribution in [1.82, 2.24) is 4.98 Å². The number of thiophene rings is 1. The molecule has 0 aromatic carbocycles. The van der Waals surface area contributed by atoms with Crippen LogP contribution in [0.2, 0.25) is 0 Å². The van der Waals surface area contributed by atoms with E-state index in [1.54, 1.807) is 19.2 Å². The second-order valence-corrected chi connectivity index (χ2v) is 4.56. The van der Waals surface area contributed by atoms with Crippen LogP contribution in [0.25, 0.3) is 10.2 Å². The Morgan fingerprint density at radius 3 is 2.94 bits per heavy atom. The first-order valence-corrected chi connectivity index (χ1v) is 6.27. The first-order chi connectivity index (χ1) is 8.63. The molecule has 0 radical (unpaired) electrons.